The second kappa shape index (κ2) is 12.6. The molecular formula is C29H33N3O3. The van der Waals surface area contributed by atoms with E-state index in [2.05, 4.69) is 47.1 Å². The number of benzene rings is 3. The fraction of sp³-hybridized carbons (Fsp3) is 0.310. The second-order valence-electron chi connectivity index (χ2n) is 8.60. The highest BCUT2D eigenvalue weighted by Crippen LogP contribution is 2.19. The first-order valence-corrected chi connectivity index (χ1v) is 12.3. The summed E-state index contributed by atoms with van der Waals surface area (Å²) in [5.74, 6) is 2.56. The van der Waals surface area contributed by atoms with Crippen molar-refractivity contribution in [2.24, 2.45) is 0 Å². The van der Waals surface area contributed by atoms with Crippen LogP contribution in [0.3, 0.4) is 0 Å². The van der Waals surface area contributed by atoms with E-state index in [1.54, 1.807) is 0 Å². The average Bonchev–Trinajstić information content (AvgIpc) is 3.23. The highest BCUT2D eigenvalue weighted by atomic mass is 16.5. The van der Waals surface area contributed by atoms with Crippen LogP contribution < -0.4 is 14.8 Å². The fourth-order valence-electron chi connectivity index (χ4n) is 4.02. The summed E-state index contributed by atoms with van der Waals surface area (Å²) in [6.07, 6.45) is 3.59. The summed E-state index contributed by atoms with van der Waals surface area (Å²) in [4.78, 5) is 16.9. The molecular weight excluding hydrogens is 438 g/mol. The third-order valence-corrected chi connectivity index (χ3v) is 5.78. The van der Waals surface area contributed by atoms with Crippen molar-refractivity contribution in [2.75, 3.05) is 19.8 Å². The Bertz CT molecular complexity index is 1220. The Kier molecular flexibility index (Phi) is 8.76. The number of carbonyl (C=O) groups excluding carboxylic acids is 1. The third-order valence-electron chi connectivity index (χ3n) is 5.78. The topological polar surface area (TPSA) is 65.4 Å². The molecule has 0 spiro atoms. The number of amides is 1. The number of nitrogens with one attached hydrogen (secondary N) is 1. The zero-order valence-corrected chi connectivity index (χ0v) is 20.3. The molecule has 4 rings (SSSR count). The van der Waals surface area contributed by atoms with Gasteiger partial charge in [-0.15, -0.1) is 0 Å². The number of para-hydroxylation sites is 3. The lowest BCUT2D eigenvalue weighted by molar-refractivity contribution is -0.123. The van der Waals surface area contributed by atoms with Crippen LogP contribution in [-0.4, -0.2) is 35.2 Å². The van der Waals surface area contributed by atoms with Gasteiger partial charge in [-0.1, -0.05) is 42.5 Å². The van der Waals surface area contributed by atoms with Crippen molar-refractivity contribution in [1.82, 2.24) is 14.9 Å². The van der Waals surface area contributed by atoms with E-state index in [0.717, 1.165) is 54.8 Å². The quantitative estimate of drug-likeness (QED) is 0.268. The molecule has 3 aromatic carbocycles. The van der Waals surface area contributed by atoms with Crippen molar-refractivity contribution < 1.29 is 14.3 Å². The second-order valence-corrected chi connectivity index (χ2v) is 8.60. The van der Waals surface area contributed by atoms with Crippen molar-refractivity contribution in [3.8, 4) is 11.5 Å². The highest BCUT2D eigenvalue weighted by molar-refractivity contribution is 5.77. The number of carbonyl (C=O) groups is 1. The smallest absolute Gasteiger partial charge is 0.257 e. The standard InChI is InChI=1S/C29H33N3O3/c1-23-11-9-14-25(21-23)34-20-8-7-19-32-27-16-6-5-15-26(27)31-28(32)17-10-18-30-29(33)22-35-24-12-3-2-4-13-24/h2-6,9,11-16,21H,7-8,10,17-20,22H2,1H3,(H,30,33). The average molecular weight is 472 g/mol. The maximum Gasteiger partial charge on any atom is 0.257 e. The first-order valence-electron chi connectivity index (χ1n) is 12.3. The van der Waals surface area contributed by atoms with E-state index in [-0.39, 0.29) is 12.5 Å². The van der Waals surface area contributed by atoms with Crippen molar-refractivity contribution in [1.29, 1.82) is 0 Å². The van der Waals surface area contributed by atoms with Crippen LogP contribution in [0, 0.1) is 6.92 Å². The lowest BCUT2D eigenvalue weighted by Crippen LogP contribution is -2.30. The normalized spacial score (nSPS) is 10.9. The van der Waals surface area contributed by atoms with Crippen LogP contribution >= 0.6 is 0 Å². The van der Waals surface area contributed by atoms with Gasteiger partial charge in [-0.3, -0.25) is 4.79 Å². The molecule has 0 aliphatic heterocycles. The van der Waals surface area contributed by atoms with Crippen molar-refractivity contribution in [2.45, 2.75) is 39.2 Å². The summed E-state index contributed by atoms with van der Waals surface area (Å²) in [5, 5.41) is 2.94. The number of hydrogen-bond donors (Lipinski definition) is 1. The zero-order valence-electron chi connectivity index (χ0n) is 20.3. The van der Waals surface area contributed by atoms with Gasteiger partial charge in [0.25, 0.3) is 5.91 Å². The molecule has 6 heteroatoms. The predicted molar refractivity (Wildman–Crippen MR) is 139 cm³/mol. The molecule has 0 aliphatic rings. The molecule has 0 saturated carbocycles. The molecule has 182 valence electrons. The van der Waals surface area contributed by atoms with Gasteiger partial charge in [0.1, 0.15) is 17.3 Å². The Balaban J connectivity index is 1.23. The van der Waals surface area contributed by atoms with Crippen LogP contribution in [0.15, 0.2) is 78.9 Å². The van der Waals surface area contributed by atoms with Gasteiger partial charge in [0, 0.05) is 19.5 Å². The van der Waals surface area contributed by atoms with Crippen LogP contribution in [0.1, 0.15) is 30.7 Å². The molecule has 0 atom stereocenters. The molecule has 35 heavy (non-hydrogen) atoms. The number of imidazole rings is 1. The maximum absolute atomic E-state index is 12.1. The lowest BCUT2D eigenvalue weighted by Gasteiger charge is -2.11. The Morgan fingerprint density at radius 2 is 1.69 bits per heavy atom. The van der Waals surface area contributed by atoms with Gasteiger partial charge in [0.05, 0.1) is 17.6 Å². The molecule has 0 bridgehead atoms. The van der Waals surface area contributed by atoms with E-state index in [4.69, 9.17) is 14.5 Å². The minimum absolute atomic E-state index is 0.0210. The Morgan fingerprint density at radius 1 is 0.886 bits per heavy atom. The predicted octanol–water partition coefficient (Wildman–Crippen LogP) is 5.33. The Hall–Kier alpha value is -3.80. The first kappa shape index (κ1) is 24.3. The monoisotopic (exact) mass is 471 g/mol. The van der Waals surface area contributed by atoms with E-state index in [1.165, 1.54) is 5.56 Å². The van der Waals surface area contributed by atoms with Gasteiger partial charge < -0.3 is 19.4 Å². The maximum atomic E-state index is 12.1. The molecule has 0 saturated heterocycles. The van der Waals surface area contributed by atoms with Gasteiger partial charge in [-0.2, -0.15) is 0 Å². The summed E-state index contributed by atoms with van der Waals surface area (Å²) in [6, 6.07) is 25.8. The number of rotatable bonds is 13. The van der Waals surface area contributed by atoms with Crippen LogP contribution in [0.2, 0.25) is 0 Å². The Labute approximate surface area is 206 Å². The summed E-state index contributed by atoms with van der Waals surface area (Å²) in [6.45, 7) is 4.27. The Morgan fingerprint density at radius 3 is 2.54 bits per heavy atom. The molecule has 6 nitrogen and oxygen atoms in total. The van der Waals surface area contributed by atoms with E-state index in [1.807, 2.05) is 48.5 Å². The van der Waals surface area contributed by atoms with E-state index >= 15 is 0 Å². The van der Waals surface area contributed by atoms with E-state index in [9.17, 15) is 4.79 Å². The third kappa shape index (κ3) is 7.34. The molecule has 0 unspecified atom stereocenters. The van der Waals surface area contributed by atoms with Crippen LogP contribution in [0.5, 0.6) is 11.5 Å². The highest BCUT2D eigenvalue weighted by Gasteiger charge is 2.10. The van der Waals surface area contributed by atoms with Crippen LogP contribution in [0.25, 0.3) is 11.0 Å². The number of aryl methyl sites for hydroxylation is 3. The molecule has 1 aromatic heterocycles. The molecule has 0 radical (unpaired) electrons. The van der Waals surface area contributed by atoms with Crippen molar-refractivity contribution >= 4 is 16.9 Å². The molecule has 4 aromatic rings. The number of fused-ring (bicyclic) bond motifs is 1. The summed E-state index contributed by atoms with van der Waals surface area (Å²) >= 11 is 0. The molecule has 0 fully saturated rings. The van der Waals surface area contributed by atoms with Crippen molar-refractivity contribution in [3.05, 3.63) is 90.3 Å². The largest absolute Gasteiger partial charge is 0.494 e. The van der Waals surface area contributed by atoms with E-state index in [0.29, 0.717) is 18.9 Å². The number of aromatic nitrogens is 2. The van der Waals surface area contributed by atoms with Gasteiger partial charge in [0.15, 0.2) is 6.61 Å². The van der Waals surface area contributed by atoms with Gasteiger partial charge in [0.2, 0.25) is 0 Å². The SMILES string of the molecule is Cc1cccc(OCCCCn2c(CCCNC(=O)COc3ccccc3)nc3ccccc32)c1. The summed E-state index contributed by atoms with van der Waals surface area (Å²) in [5.41, 5.74) is 3.37. The number of hydrogen-bond acceptors (Lipinski definition) is 4. The molecule has 1 amide bonds. The lowest BCUT2D eigenvalue weighted by atomic mass is 10.2. The minimum atomic E-state index is -0.115. The molecule has 1 heterocycles. The number of nitrogens with zero attached hydrogens (tertiary/aromatic N) is 2. The first-order chi connectivity index (χ1) is 17.2. The molecule has 0 aliphatic carbocycles. The van der Waals surface area contributed by atoms with Gasteiger partial charge in [-0.25, -0.2) is 4.98 Å². The van der Waals surface area contributed by atoms with Crippen LogP contribution in [-0.2, 0) is 17.8 Å². The zero-order chi connectivity index (χ0) is 24.3. The number of unbranched alkanes of at least 4 members (excludes halogenated alkanes) is 1. The van der Waals surface area contributed by atoms with Crippen molar-refractivity contribution in [3.63, 3.8) is 0 Å². The van der Waals surface area contributed by atoms with Gasteiger partial charge in [-0.05, 0) is 68.1 Å². The summed E-state index contributed by atoms with van der Waals surface area (Å²) in [7, 11) is 0. The summed E-state index contributed by atoms with van der Waals surface area (Å²) < 4.78 is 13.7. The van der Waals surface area contributed by atoms with Gasteiger partial charge >= 0.3 is 0 Å². The fourth-order valence-corrected chi connectivity index (χ4v) is 4.02. The molecule has 1 N–H and O–H groups in total. The number of ether oxygens (including phenoxy) is 2. The van der Waals surface area contributed by atoms with E-state index < -0.39 is 0 Å². The van der Waals surface area contributed by atoms with Crippen LogP contribution in [0.4, 0.5) is 0 Å². The minimum Gasteiger partial charge on any atom is -0.494 e.